The van der Waals surface area contributed by atoms with E-state index in [1.165, 1.54) is 17.8 Å². The van der Waals surface area contributed by atoms with Crippen LogP contribution in [0.2, 0.25) is 0 Å². The first kappa shape index (κ1) is 13.1. The van der Waals surface area contributed by atoms with Crippen molar-refractivity contribution in [3.63, 3.8) is 0 Å². The molecule has 0 aliphatic carbocycles. The smallest absolute Gasteiger partial charge is 0.141 e. The normalized spacial score (nSPS) is 16.4. The van der Waals surface area contributed by atoms with Crippen molar-refractivity contribution >= 4 is 0 Å². The zero-order valence-corrected chi connectivity index (χ0v) is 11.4. The van der Waals surface area contributed by atoms with Crippen molar-refractivity contribution in [1.29, 1.82) is 0 Å². The second-order valence-electron chi connectivity index (χ2n) is 5.08. The van der Waals surface area contributed by atoms with Crippen molar-refractivity contribution in [2.45, 2.75) is 25.3 Å². The highest BCUT2D eigenvalue weighted by atomic mass is 19.1. The number of ether oxygens (including phenoxy) is 1. The van der Waals surface area contributed by atoms with Crippen LogP contribution in [0.5, 0.6) is 5.75 Å². The van der Waals surface area contributed by atoms with E-state index in [-0.39, 0.29) is 5.82 Å². The van der Waals surface area contributed by atoms with Gasteiger partial charge in [-0.25, -0.2) is 4.39 Å². The Morgan fingerprint density at radius 2 is 2.20 bits per heavy atom. The van der Waals surface area contributed by atoms with Gasteiger partial charge >= 0.3 is 0 Å². The first-order valence-corrected chi connectivity index (χ1v) is 6.81. The largest absolute Gasteiger partial charge is 0.493 e. The van der Waals surface area contributed by atoms with E-state index in [4.69, 9.17) is 10.5 Å². The van der Waals surface area contributed by atoms with Gasteiger partial charge in [0, 0.05) is 12.0 Å². The van der Waals surface area contributed by atoms with E-state index in [1.807, 2.05) is 19.1 Å². The monoisotopic (exact) mass is 272 g/mol. The van der Waals surface area contributed by atoms with Gasteiger partial charge in [0.15, 0.2) is 0 Å². The third-order valence-electron chi connectivity index (χ3n) is 3.94. The minimum atomic E-state index is -0.761. The Kier molecular flexibility index (Phi) is 3.18. The van der Waals surface area contributed by atoms with Gasteiger partial charge in [-0.1, -0.05) is 25.1 Å². The number of aromatic nitrogens is 1. The summed E-state index contributed by atoms with van der Waals surface area (Å²) >= 11 is 0. The first-order valence-electron chi connectivity index (χ1n) is 6.81. The average molecular weight is 272 g/mol. The molecule has 3 rings (SSSR count). The van der Waals surface area contributed by atoms with Crippen molar-refractivity contribution in [3.8, 4) is 5.75 Å². The molecule has 20 heavy (non-hydrogen) atoms. The topological polar surface area (TPSA) is 48.1 Å². The average Bonchev–Trinajstić information content (AvgIpc) is 2.95. The van der Waals surface area contributed by atoms with Crippen LogP contribution >= 0.6 is 0 Å². The Labute approximate surface area is 117 Å². The number of benzene rings is 1. The van der Waals surface area contributed by atoms with E-state index in [1.54, 1.807) is 6.07 Å². The molecule has 0 saturated heterocycles. The summed E-state index contributed by atoms with van der Waals surface area (Å²) < 4.78 is 18.8. The van der Waals surface area contributed by atoms with Crippen molar-refractivity contribution in [1.82, 2.24) is 4.98 Å². The lowest BCUT2D eigenvalue weighted by Crippen LogP contribution is -2.38. The molecule has 0 saturated carbocycles. The van der Waals surface area contributed by atoms with E-state index in [2.05, 4.69) is 11.1 Å². The van der Waals surface area contributed by atoms with Crippen LogP contribution in [0, 0.1) is 5.82 Å². The van der Waals surface area contributed by atoms with E-state index in [0.29, 0.717) is 18.7 Å². The van der Waals surface area contributed by atoms with Crippen LogP contribution in [0.1, 0.15) is 30.2 Å². The molecule has 1 aromatic heterocycles. The van der Waals surface area contributed by atoms with Crippen molar-refractivity contribution in [2.75, 3.05) is 6.61 Å². The molecule has 2 aromatic rings. The van der Waals surface area contributed by atoms with Gasteiger partial charge in [0.2, 0.25) is 0 Å². The minimum absolute atomic E-state index is 0.359. The van der Waals surface area contributed by atoms with Crippen molar-refractivity contribution in [3.05, 3.63) is 59.2 Å². The Balaban J connectivity index is 2.14. The summed E-state index contributed by atoms with van der Waals surface area (Å²) in [5, 5.41) is 0. The molecule has 2 N–H and O–H groups in total. The number of para-hydroxylation sites is 1. The van der Waals surface area contributed by atoms with Crippen LogP contribution < -0.4 is 10.5 Å². The Morgan fingerprint density at radius 3 is 2.90 bits per heavy atom. The molecule has 0 radical (unpaired) electrons. The van der Waals surface area contributed by atoms with Gasteiger partial charge in [0.25, 0.3) is 0 Å². The maximum Gasteiger partial charge on any atom is 0.141 e. The molecular weight excluding hydrogens is 255 g/mol. The molecule has 104 valence electrons. The molecule has 1 unspecified atom stereocenters. The molecule has 0 fully saturated rings. The number of hydrogen-bond acceptors (Lipinski definition) is 3. The lowest BCUT2D eigenvalue weighted by atomic mass is 9.83. The number of hydrogen-bond donors (Lipinski definition) is 1. The second kappa shape index (κ2) is 4.87. The number of nitrogens with zero attached hydrogens (tertiary/aromatic N) is 1. The van der Waals surface area contributed by atoms with Gasteiger partial charge < -0.3 is 10.5 Å². The van der Waals surface area contributed by atoms with Gasteiger partial charge in [-0.05, 0) is 24.1 Å². The highest BCUT2D eigenvalue weighted by Crippen LogP contribution is 2.39. The van der Waals surface area contributed by atoms with Crippen molar-refractivity contribution in [2.24, 2.45) is 5.73 Å². The van der Waals surface area contributed by atoms with E-state index >= 15 is 0 Å². The summed E-state index contributed by atoms with van der Waals surface area (Å²) in [5.74, 6) is 0.504. The predicted octanol–water partition coefficient (Wildman–Crippen LogP) is 2.77. The number of nitrogens with two attached hydrogens (primary N) is 1. The Bertz CT molecular complexity index is 627. The molecule has 3 nitrogen and oxygen atoms in total. The van der Waals surface area contributed by atoms with Gasteiger partial charge in [0.1, 0.15) is 11.6 Å². The summed E-state index contributed by atoms with van der Waals surface area (Å²) in [5.41, 5.74) is 8.59. The Hall–Kier alpha value is -1.94. The van der Waals surface area contributed by atoms with Gasteiger partial charge in [-0.15, -0.1) is 0 Å². The molecule has 1 aliphatic rings. The second-order valence-corrected chi connectivity index (χ2v) is 5.08. The number of halogens is 1. The summed E-state index contributed by atoms with van der Waals surface area (Å²) in [7, 11) is 0. The summed E-state index contributed by atoms with van der Waals surface area (Å²) in [6, 6.07) is 9.05. The van der Waals surface area contributed by atoms with Crippen molar-refractivity contribution < 1.29 is 9.13 Å². The highest BCUT2D eigenvalue weighted by molar-refractivity contribution is 5.50. The third-order valence-corrected chi connectivity index (χ3v) is 3.94. The van der Waals surface area contributed by atoms with Crippen LogP contribution in [-0.2, 0) is 12.0 Å². The molecule has 0 bridgehead atoms. The molecule has 1 aromatic carbocycles. The number of rotatable bonds is 3. The van der Waals surface area contributed by atoms with Crippen LogP contribution in [-0.4, -0.2) is 11.6 Å². The molecule has 0 spiro atoms. The molecule has 2 heterocycles. The lowest BCUT2D eigenvalue weighted by molar-refractivity contribution is 0.343. The van der Waals surface area contributed by atoms with Crippen LogP contribution in [0.4, 0.5) is 4.39 Å². The fourth-order valence-corrected chi connectivity index (χ4v) is 2.72. The summed E-state index contributed by atoms with van der Waals surface area (Å²) in [6.07, 6.45) is 2.77. The van der Waals surface area contributed by atoms with Crippen LogP contribution in [0.25, 0.3) is 0 Å². The summed E-state index contributed by atoms with van der Waals surface area (Å²) in [4.78, 5) is 4.17. The SMILES string of the molecule is CCC(N)(c1ccc(F)cn1)c1cccc2c1OCC2. The number of fused-ring (bicyclic) bond motifs is 1. The fraction of sp³-hybridized carbons (Fsp3) is 0.312. The quantitative estimate of drug-likeness (QED) is 0.934. The van der Waals surface area contributed by atoms with Gasteiger partial charge in [-0.3, -0.25) is 4.98 Å². The Morgan fingerprint density at radius 1 is 1.35 bits per heavy atom. The molecule has 1 atom stereocenters. The van der Waals surface area contributed by atoms with Crippen LogP contribution in [0.15, 0.2) is 36.5 Å². The minimum Gasteiger partial charge on any atom is -0.493 e. The van der Waals surface area contributed by atoms with E-state index in [0.717, 1.165) is 17.7 Å². The standard InChI is InChI=1S/C16H17FN2O/c1-2-16(18,14-7-6-12(17)10-19-14)13-5-3-4-11-8-9-20-15(11)13/h3-7,10H,2,8-9,18H2,1H3. The first-order chi connectivity index (χ1) is 9.65. The maximum absolute atomic E-state index is 13.1. The molecular formula is C16H17FN2O. The third kappa shape index (κ3) is 1.96. The predicted molar refractivity (Wildman–Crippen MR) is 75.1 cm³/mol. The molecule has 1 aliphatic heterocycles. The lowest BCUT2D eigenvalue weighted by Gasteiger charge is -2.29. The van der Waals surface area contributed by atoms with E-state index in [9.17, 15) is 4.39 Å². The highest BCUT2D eigenvalue weighted by Gasteiger charge is 2.34. The maximum atomic E-state index is 13.1. The molecule has 4 heteroatoms. The fourth-order valence-electron chi connectivity index (χ4n) is 2.72. The van der Waals surface area contributed by atoms with Crippen LogP contribution in [0.3, 0.4) is 0 Å². The summed E-state index contributed by atoms with van der Waals surface area (Å²) in [6.45, 7) is 2.68. The zero-order chi connectivity index (χ0) is 14.2. The van der Waals surface area contributed by atoms with Gasteiger partial charge in [-0.2, -0.15) is 0 Å². The van der Waals surface area contributed by atoms with Gasteiger partial charge in [0.05, 0.1) is 24.0 Å². The number of pyridine rings is 1. The molecule has 0 amide bonds. The zero-order valence-electron chi connectivity index (χ0n) is 11.4. The van der Waals surface area contributed by atoms with E-state index < -0.39 is 5.54 Å².